The zero-order chi connectivity index (χ0) is 19.8. The molecule has 1 amide bonds. The number of hydrogen-bond acceptors (Lipinski definition) is 4. The highest BCUT2D eigenvalue weighted by Gasteiger charge is 2.51. The van der Waals surface area contributed by atoms with Crippen molar-refractivity contribution in [3.8, 4) is 5.75 Å². The van der Waals surface area contributed by atoms with Crippen molar-refractivity contribution in [3.05, 3.63) is 58.7 Å². The van der Waals surface area contributed by atoms with Crippen molar-refractivity contribution in [1.29, 1.82) is 0 Å². The van der Waals surface area contributed by atoms with Gasteiger partial charge in [0.15, 0.2) is 5.60 Å². The lowest BCUT2D eigenvalue weighted by atomic mass is 9.88. The van der Waals surface area contributed by atoms with Gasteiger partial charge in [0.25, 0.3) is 5.91 Å². The summed E-state index contributed by atoms with van der Waals surface area (Å²) in [5.41, 5.74) is 2.19. The molecule has 0 saturated carbocycles. The Balaban J connectivity index is 2.01. The first-order chi connectivity index (χ1) is 12.8. The standard InChI is InChI=1S/C22H25NO4/c1-5-27-18-8-6-17(7-9-18)13-23-20-15(3)10-14(2)11-19(20)22(26,21(23)25)12-16(4)24/h6-11,26H,5,12-13H2,1-4H3/t22-/m1/s1. The van der Waals surface area contributed by atoms with E-state index in [0.717, 1.165) is 22.4 Å². The largest absolute Gasteiger partial charge is 0.494 e. The van der Waals surface area contributed by atoms with Crippen LogP contribution in [-0.4, -0.2) is 23.4 Å². The normalized spacial score (nSPS) is 18.6. The summed E-state index contributed by atoms with van der Waals surface area (Å²) >= 11 is 0. The summed E-state index contributed by atoms with van der Waals surface area (Å²) in [4.78, 5) is 26.5. The van der Waals surface area contributed by atoms with Crippen molar-refractivity contribution in [2.45, 2.75) is 46.3 Å². The van der Waals surface area contributed by atoms with Gasteiger partial charge < -0.3 is 14.7 Å². The van der Waals surface area contributed by atoms with Crippen LogP contribution < -0.4 is 9.64 Å². The Hall–Kier alpha value is -2.66. The second kappa shape index (κ2) is 7.16. The Bertz CT molecular complexity index is 888. The molecule has 1 heterocycles. The summed E-state index contributed by atoms with van der Waals surface area (Å²) in [5, 5.41) is 11.2. The predicted octanol–water partition coefficient (Wildman–Crippen LogP) is 3.42. The maximum Gasteiger partial charge on any atom is 0.264 e. The van der Waals surface area contributed by atoms with E-state index in [1.807, 2.05) is 51.1 Å². The number of anilines is 1. The highest BCUT2D eigenvalue weighted by Crippen LogP contribution is 2.45. The average molecular weight is 367 g/mol. The second-order valence-corrected chi connectivity index (χ2v) is 7.19. The van der Waals surface area contributed by atoms with Gasteiger partial charge in [-0.15, -0.1) is 0 Å². The molecule has 2 aromatic carbocycles. The lowest BCUT2D eigenvalue weighted by molar-refractivity contribution is -0.141. The summed E-state index contributed by atoms with van der Waals surface area (Å²) in [6.07, 6.45) is -0.221. The van der Waals surface area contributed by atoms with E-state index in [4.69, 9.17) is 4.74 Å². The zero-order valence-electron chi connectivity index (χ0n) is 16.2. The molecule has 0 spiro atoms. The molecule has 3 rings (SSSR count). The number of rotatable bonds is 6. The lowest BCUT2D eigenvalue weighted by Crippen LogP contribution is -2.41. The quantitative estimate of drug-likeness (QED) is 0.850. The summed E-state index contributed by atoms with van der Waals surface area (Å²) in [6, 6.07) is 11.3. The number of carbonyl (C=O) groups excluding carboxylic acids is 2. The highest BCUT2D eigenvalue weighted by atomic mass is 16.5. The average Bonchev–Trinajstić information content (AvgIpc) is 2.78. The third-order valence-electron chi connectivity index (χ3n) is 4.84. The molecule has 0 fully saturated rings. The van der Waals surface area contributed by atoms with E-state index in [9.17, 15) is 14.7 Å². The number of benzene rings is 2. The van der Waals surface area contributed by atoms with Gasteiger partial charge >= 0.3 is 0 Å². The van der Waals surface area contributed by atoms with Crippen LogP contribution in [0.5, 0.6) is 5.75 Å². The van der Waals surface area contributed by atoms with Crippen molar-refractivity contribution < 1.29 is 19.4 Å². The van der Waals surface area contributed by atoms with Crippen LogP contribution in [0.25, 0.3) is 0 Å². The molecule has 27 heavy (non-hydrogen) atoms. The minimum Gasteiger partial charge on any atom is -0.494 e. The Labute approximate surface area is 159 Å². The fraction of sp³-hybridized carbons (Fsp3) is 0.364. The third-order valence-corrected chi connectivity index (χ3v) is 4.84. The van der Waals surface area contributed by atoms with Crippen molar-refractivity contribution in [2.24, 2.45) is 0 Å². The van der Waals surface area contributed by atoms with Crippen molar-refractivity contribution in [2.75, 3.05) is 11.5 Å². The minimum absolute atomic E-state index is 0.221. The van der Waals surface area contributed by atoms with E-state index in [0.29, 0.717) is 24.4 Å². The van der Waals surface area contributed by atoms with Crippen LogP contribution in [0.2, 0.25) is 0 Å². The smallest absolute Gasteiger partial charge is 0.264 e. The molecule has 1 atom stereocenters. The number of aryl methyl sites for hydroxylation is 2. The number of ketones is 1. The molecule has 0 saturated heterocycles. The Morgan fingerprint density at radius 1 is 1.19 bits per heavy atom. The Morgan fingerprint density at radius 2 is 1.85 bits per heavy atom. The number of ether oxygens (including phenoxy) is 1. The number of amides is 1. The first-order valence-electron chi connectivity index (χ1n) is 9.13. The van der Waals surface area contributed by atoms with Crippen LogP contribution in [0, 0.1) is 13.8 Å². The second-order valence-electron chi connectivity index (χ2n) is 7.19. The van der Waals surface area contributed by atoms with Crippen LogP contribution in [0.15, 0.2) is 36.4 Å². The van der Waals surface area contributed by atoms with Gasteiger partial charge in [0.05, 0.1) is 18.8 Å². The summed E-state index contributed by atoms with van der Waals surface area (Å²) in [5.74, 6) is 0.100. The van der Waals surface area contributed by atoms with Gasteiger partial charge in [-0.3, -0.25) is 9.59 Å². The van der Waals surface area contributed by atoms with Gasteiger partial charge in [-0.05, 0) is 51.0 Å². The lowest BCUT2D eigenvalue weighted by Gasteiger charge is -2.22. The Morgan fingerprint density at radius 3 is 2.44 bits per heavy atom. The van der Waals surface area contributed by atoms with Crippen LogP contribution in [0.3, 0.4) is 0 Å². The number of aliphatic hydroxyl groups is 1. The summed E-state index contributed by atoms with van der Waals surface area (Å²) in [7, 11) is 0. The first-order valence-corrected chi connectivity index (χ1v) is 9.13. The molecule has 5 heteroatoms. The van der Waals surface area contributed by atoms with Crippen LogP contribution in [0.4, 0.5) is 5.69 Å². The number of Topliss-reactive ketones (excluding diaryl/α,β-unsaturated/α-hetero) is 1. The number of hydrogen-bond donors (Lipinski definition) is 1. The molecule has 0 bridgehead atoms. The van der Waals surface area contributed by atoms with Crippen molar-refractivity contribution in [1.82, 2.24) is 0 Å². The van der Waals surface area contributed by atoms with E-state index in [1.54, 1.807) is 11.0 Å². The fourth-order valence-electron chi connectivity index (χ4n) is 3.80. The monoisotopic (exact) mass is 367 g/mol. The number of carbonyl (C=O) groups is 2. The van der Waals surface area contributed by atoms with E-state index in [-0.39, 0.29) is 12.2 Å². The summed E-state index contributed by atoms with van der Waals surface area (Å²) in [6.45, 7) is 8.07. The molecule has 0 aromatic heterocycles. The van der Waals surface area contributed by atoms with Crippen LogP contribution in [0.1, 0.15) is 42.5 Å². The molecule has 1 aliphatic heterocycles. The molecule has 1 N–H and O–H groups in total. The van der Waals surface area contributed by atoms with E-state index in [1.165, 1.54) is 6.92 Å². The molecular weight excluding hydrogens is 342 g/mol. The molecule has 2 aromatic rings. The Kier molecular flexibility index (Phi) is 5.07. The third kappa shape index (κ3) is 3.47. The topological polar surface area (TPSA) is 66.8 Å². The highest BCUT2D eigenvalue weighted by molar-refractivity contribution is 6.09. The van der Waals surface area contributed by atoms with Gasteiger partial charge in [0.2, 0.25) is 0 Å². The maximum atomic E-state index is 13.2. The van der Waals surface area contributed by atoms with Crippen LogP contribution >= 0.6 is 0 Å². The molecule has 5 nitrogen and oxygen atoms in total. The van der Waals surface area contributed by atoms with E-state index < -0.39 is 11.5 Å². The molecule has 142 valence electrons. The first kappa shape index (κ1) is 19.1. The van der Waals surface area contributed by atoms with Gasteiger partial charge in [0, 0.05) is 12.0 Å². The minimum atomic E-state index is -1.80. The maximum absolute atomic E-state index is 13.2. The molecule has 0 aliphatic carbocycles. The van der Waals surface area contributed by atoms with Gasteiger partial charge in [0.1, 0.15) is 11.5 Å². The van der Waals surface area contributed by atoms with Crippen molar-refractivity contribution >= 4 is 17.4 Å². The predicted molar refractivity (Wildman–Crippen MR) is 104 cm³/mol. The van der Waals surface area contributed by atoms with Gasteiger partial charge in [-0.25, -0.2) is 0 Å². The number of fused-ring (bicyclic) bond motifs is 1. The SMILES string of the molecule is CCOc1ccc(CN2C(=O)[C@@](O)(CC(C)=O)c3cc(C)cc(C)c32)cc1. The van der Waals surface area contributed by atoms with E-state index >= 15 is 0 Å². The summed E-state index contributed by atoms with van der Waals surface area (Å²) < 4.78 is 5.46. The zero-order valence-corrected chi connectivity index (χ0v) is 16.2. The van der Waals surface area contributed by atoms with E-state index in [2.05, 4.69) is 0 Å². The fourth-order valence-corrected chi connectivity index (χ4v) is 3.80. The molecule has 0 unspecified atom stereocenters. The van der Waals surface area contributed by atoms with Gasteiger partial charge in [-0.1, -0.05) is 29.8 Å². The number of nitrogens with zero attached hydrogens (tertiary/aromatic N) is 1. The van der Waals surface area contributed by atoms with Crippen molar-refractivity contribution in [3.63, 3.8) is 0 Å². The van der Waals surface area contributed by atoms with Crippen LogP contribution in [-0.2, 0) is 21.7 Å². The molecular formula is C22H25NO4. The molecule has 0 radical (unpaired) electrons. The molecule has 1 aliphatic rings. The van der Waals surface area contributed by atoms with Gasteiger partial charge in [-0.2, -0.15) is 0 Å².